The highest BCUT2D eigenvalue weighted by atomic mass is 32.2. The molecule has 0 aliphatic rings. The second kappa shape index (κ2) is 5.43. The van der Waals surface area contributed by atoms with Gasteiger partial charge in [0.2, 0.25) is 0 Å². The standard InChI is InChI=1S/C12H11F2N3O2S/c13-8-1-6-11(14)12(7-8)17-20(18,19)10-4-2-9(16-15)3-5-10/h1-7,16-17H,15H2. The summed E-state index contributed by atoms with van der Waals surface area (Å²) in [5.74, 6) is 3.55. The van der Waals surface area contributed by atoms with Crippen molar-refractivity contribution in [2.45, 2.75) is 4.90 Å². The minimum Gasteiger partial charge on any atom is -0.324 e. The molecular formula is C12H11F2N3O2S. The SMILES string of the molecule is NNc1ccc(S(=O)(=O)Nc2cc(F)ccc2F)cc1. The Labute approximate surface area is 114 Å². The first-order valence-corrected chi connectivity index (χ1v) is 6.95. The fraction of sp³-hybridized carbons (Fsp3) is 0. The molecule has 20 heavy (non-hydrogen) atoms. The highest BCUT2D eigenvalue weighted by molar-refractivity contribution is 7.92. The van der Waals surface area contributed by atoms with E-state index in [0.717, 1.165) is 18.2 Å². The van der Waals surface area contributed by atoms with E-state index >= 15 is 0 Å². The van der Waals surface area contributed by atoms with Crippen LogP contribution in [0.15, 0.2) is 47.4 Å². The lowest BCUT2D eigenvalue weighted by molar-refractivity contribution is 0.594. The van der Waals surface area contributed by atoms with Crippen LogP contribution in [0.1, 0.15) is 0 Å². The predicted octanol–water partition coefficient (Wildman–Crippen LogP) is 2.05. The molecule has 0 aliphatic heterocycles. The Morgan fingerprint density at radius 3 is 2.25 bits per heavy atom. The Morgan fingerprint density at radius 1 is 1.00 bits per heavy atom. The van der Waals surface area contributed by atoms with Gasteiger partial charge in [-0.1, -0.05) is 0 Å². The van der Waals surface area contributed by atoms with Gasteiger partial charge in [-0.15, -0.1) is 0 Å². The Hall–Kier alpha value is -2.19. The van der Waals surface area contributed by atoms with Crippen LogP contribution in [0.2, 0.25) is 0 Å². The zero-order valence-corrected chi connectivity index (χ0v) is 10.9. The van der Waals surface area contributed by atoms with E-state index in [1.807, 2.05) is 4.72 Å². The molecule has 4 N–H and O–H groups in total. The van der Waals surface area contributed by atoms with Crippen LogP contribution in [-0.2, 0) is 10.0 Å². The second-order valence-electron chi connectivity index (χ2n) is 3.90. The van der Waals surface area contributed by atoms with E-state index < -0.39 is 27.3 Å². The van der Waals surface area contributed by atoms with Crippen molar-refractivity contribution in [1.29, 1.82) is 0 Å². The predicted molar refractivity (Wildman–Crippen MR) is 71.4 cm³/mol. The van der Waals surface area contributed by atoms with Crippen molar-refractivity contribution in [2.75, 3.05) is 10.1 Å². The summed E-state index contributed by atoms with van der Waals surface area (Å²) in [6, 6.07) is 7.96. The number of halogens is 2. The smallest absolute Gasteiger partial charge is 0.261 e. The topological polar surface area (TPSA) is 84.2 Å². The summed E-state index contributed by atoms with van der Waals surface area (Å²) in [7, 11) is -4.00. The largest absolute Gasteiger partial charge is 0.324 e. The molecule has 0 unspecified atom stereocenters. The first kappa shape index (κ1) is 14.2. The van der Waals surface area contributed by atoms with Gasteiger partial charge in [-0.05, 0) is 36.4 Å². The molecule has 0 aliphatic carbocycles. The molecule has 0 aromatic heterocycles. The first-order valence-electron chi connectivity index (χ1n) is 5.47. The molecule has 2 aromatic carbocycles. The van der Waals surface area contributed by atoms with E-state index in [0.29, 0.717) is 5.69 Å². The quantitative estimate of drug-likeness (QED) is 0.596. The average molecular weight is 299 g/mol. The van der Waals surface area contributed by atoms with Gasteiger partial charge in [0, 0.05) is 11.8 Å². The van der Waals surface area contributed by atoms with Gasteiger partial charge in [-0.2, -0.15) is 0 Å². The fourth-order valence-electron chi connectivity index (χ4n) is 1.51. The number of hydrogen-bond donors (Lipinski definition) is 3. The zero-order valence-electron chi connectivity index (χ0n) is 10.1. The van der Waals surface area contributed by atoms with Gasteiger partial charge >= 0.3 is 0 Å². The molecule has 0 bridgehead atoms. The molecule has 0 fully saturated rings. The van der Waals surface area contributed by atoms with Crippen molar-refractivity contribution < 1.29 is 17.2 Å². The van der Waals surface area contributed by atoms with Crippen molar-refractivity contribution in [3.63, 3.8) is 0 Å². The molecule has 2 rings (SSSR count). The van der Waals surface area contributed by atoms with Crippen molar-refractivity contribution in [3.8, 4) is 0 Å². The lowest BCUT2D eigenvalue weighted by Gasteiger charge is -2.09. The number of hydrazine groups is 1. The maximum Gasteiger partial charge on any atom is 0.261 e. The third kappa shape index (κ3) is 3.03. The van der Waals surface area contributed by atoms with Crippen LogP contribution in [0.3, 0.4) is 0 Å². The number of anilines is 2. The van der Waals surface area contributed by atoms with Crippen LogP contribution < -0.4 is 16.0 Å². The lowest BCUT2D eigenvalue weighted by atomic mass is 10.3. The molecule has 106 valence electrons. The lowest BCUT2D eigenvalue weighted by Crippen LogP contribution is -2.14. The normalized spacial score (nSPS) is 11.2. The van der Waals surface area contributed by atoms with Crippen molar-refractivity contribution in [2.24, 2.45) is 5.84 Å². The molecule has 2 aromatic rings. The summed E-state index contributed by atoms with van der Waals surface area (Å²) in [5, 5.41) is 0. The van der Waals surface area contributed by atoms with Gasteiger partial charge in [0.15, 0.2) is 0 Å². The highest BCUT2D eigenvalue weighted by Gasteiger charge is 2.16. The number of nitrogens with two attached hydrogens (primary N) is 1. The summed E-state index contributed by atoms with van der Waals surface area (Å²) < 4.78 is 52.4. The molecule has 0 heterocycles. The third-order valence-electron chi connectivity index (χ3n) is 2.50. The minimum absolute atomic E-state index is 0.0971. The minimum atomic E-state index is -4.00. The second-order valence-corrected chi connectivity index (χ2v) is 5.58. The number of sulfonamides is 1. The number of nitrogens with one attached hydrogen (secondary N) is 2. The molecule has 5 nitrogen and oxygen atoms in total. The summed E-state index contributed by atoms with van der Waals surface area (Å²) in [4.78, 5) is -0.0971. The Morgan fingerprint density at radius 2 is 1.65 bits per heavy atom. The van der Waals surface area contributed by atoms with Crippen LogP contribution >= 0.6 is 0 Å². The number of rotatable bonds is 4. The Bertz CT molecular complexity index is 718. The van der Waals surface area contributed by atoms with E-state index in [-0.39, 0.29) is 4.90 Å². The van der Waals surface area contributed by atoms with E-state index in [2.05, 4.69) is 5.43 Å². The van der Waals surface area contributed by atoms with Gasteiger partial charge in [-0.25, -0.2) is 17.2 Å². The number of benzene rings is 2. The number of hydrogen-bond acceptors (Lipinski definition) is 4. The van der Waals surface area contributed by atoms with Crippen molar-refractivity contribution in [1.82, 2.24) is 0 Å². The van der Waals surface area contributed by atoms with E-state index in [4.69, 9.17) is 5.84 Å². The van der Waals surface area contributed by atoms with E-state index in [9.17, 15) is 17.2 Å². The van der Waals surface area contributed by atoms with Gasteiger partial charge < -0.3 is 5.43 Å². The van der Waals surface area contributed by atoms with Crippen LogP contribution in [0.5, 0.6) is 0 Å². The number of nitrogen functional groups attached to an aromatic ring is 1. The van der Waals surface area contributed by atoms with Gasteiger partial charge in [-0.3, -0.25) is 10.6 Å². The summed E-state index contributed by atoms with van der Waals surface area (Å²) in [5.41, 5.74) is 2.41. The van der Waals surface area contributed by atoms with Crippen molar-refractivity contribution >= 4 is 21.4 Å². The zero-order chi connectivity index (χ0) is 14.8. The Balaban J connectivity index is 2.32. The van der Waals surface area contributed by atoms with Crippen LogP contribution in [0.25, 0.3) is 0 Å². The maximum atomic E-state index is 13.4. The summed E-state index contributed by atoms with van der Waals surface area (Å²) >= 11 is 0. The molecule has 0 radical (unpaired) electrons. The Kier molecular flexibility index (Phi) is 3.86. The van der Waals surface area contributed by atoms with Gasteiger partial charge in [0.1, 0.15) is 11.6 Å². The third-order valence-corrected chi connectivity index (χ3v) is 3.89. The van der Waals surface area contributed by atoms with Gasteiger partial charge in [0.25, 0.3) is 10.0 Å². The molecule has 8 heteroatoms. The molecule has 0 atom stereocenters. The van der Waals surface area contributed by atoms with Crippen LogP contribution in [0.4, 0.5) is 20.2 Å². The average Bonchev–Trinajstić information content (AvgIpc) is 2.43. The maximum absolute atomic E-state index is 13.4. The molecule has 0 spiro atoms. The molecule has 0 amide bonds. The summed E-state index contributed by atoms with van der Waals surface area (Å²) in [6.45, 7) is 0. The molecule has 0 saturated heterocycles. The van der Waals surface area contributed by atoms with Crippen molar-refractivity contribution in [3.05, 3.63) is 54.1 Å². The fourth-order valence-corrected chi connectivity index (χ4v) is 2.57. The summed E-state index contributed by atoms with van der Waals surface area (Å²) in [6.07, 6.45) is 0. The highest BCUT2D eigenvalue weighted by Crippen LogP contribution is 2.21. The van der Waals surface area contributed by atoms with Crippen LogP contribution in [0, 0.1) is 11.6 Å². The van der Waals surface area contributed by atoms with E-state index in [1.165, 1.54) is 24.3 Å². The van der Waals surface area contributed by atoms with Crippen LogP contribution in [-0.4, -0.2) is 8.42 Å². The molecule has 0 saturated carbocycles. The molecular weight excluding hydrogens is 288 g/mol. The van der Waals surface area contributed by atoms with Gasteiger partial charge in [0.05, 0.1) is 10.6 Å². The van der Waals surface area contributed by atoms with E-state index in [1.54, 1.807) is 0 Å². The monoisotopic (exact) mass is 299 g/mol. The first-order chi connectivity index (χ1) is 9.42.